The molecule has 16 heavy (non-hydrogen) atoms. The van der Waals surface area contributed by atoms with E-state index in [-0.39, 0.29) is 5.92 Å². The topological polar surface area (TPSA) is 56.7 Å². The summed E-state index contributed by atoms with van der Waals surface area (Å²) in [6.07, 6.45) is 1.55. The summed E-state index contributed by atoms with van der Waals surface area (Å²) in [7, 11) is 1.88. The van der Waals surface area contributed by atoms with Crippen molar-refractivity contribution in [2.75, 3.05) is 6.54 Å². The van der Waals surface area contributed by atoms with Gasteiger partial charge < -0.3 is 5.73 Å². The lowest BCUT2D eigenvalue weighted by Gasteiger charge is -2.14. The number of nitrogens with zero attached hydrogens (tertiary/aromatic N) is 3. The van der Waals surface area contributed by atoms with Crippen LogP contribution in [0.1, 0.15) is 17.3 Å². The Labute approximate surface area is 103 Å². The van der Waals surface area contributed by atoms with E-state index in [1.165, 1.54) is 0 Å². The summed E-state index contributed by atoms with van der Waals surface area (Å²) in [5.74, 6) is 0.977. The van der Waals surface area contributed by atoms with Crippen molar-refractivity contribution in [3.05, 3.63) is 46.5 Å². The SMILES string of the molecule is Cn1ncnc1C(CN)c1cccc(Br)c1. The first-order chi connectivity index (χ1) is 7.72. The molecular weight excluding hydrogens is 268 g/mol. The minimum absolute atomic E-state index is 0.0880. The van der Waals surface area contributed by atoms with E-state index in [0.717, 1.165) is 15.9 Å². The lowest BCUT2D eigenvalue weighted by Crippen LogP contribution is -2.18. The highest BCUT2D eigenvalue weighted by Gasteiger charge is 2.17. The van der Waals surface area contributed by atoms with Crippen LogP contribution in [0.2, 0.25) is 0 Å². The van der Waals surface area contributed by atoms with Gasteiger partial charge in [-0.25, -0.2) is 4.98 Å². The summed E-state index contributed by atoms with van der Waals surface area (Å²) in [5, 5.41) is 4.07. The standard InChI is InChI=1S/C11H13BrN4/c1-16-11(14-7-15-16)10(6-13)8-3-2-4-9(12)5-8/h2-5,7,10H,6,13H2,1H3. The van der Waals surface area contributed by atoms with Crippen LogP contribution in [0.25, 0.3) is 0 Å². The molecule has 1 atom stereocenters. The molecule has 0 radical (unpaired) electrons. The Morgan fingerprint density at radius 1 is 1.50 bits per heavy atom. The van der Waals surface area contributed by atoms with Crippen LogP contribution in [0.4, 0.5) is 0 Å². The molecule has 2 N–H and O–H groups in total. The van der Waals surface area contributed by atoms with E-state index < -0.39 is 0 Å². The Morgan fingerprint density at radius 3 is 2.88 bits per heavy atom. The molecule has 1 heterocycles. The third-order valence-electron chi connectivity index (χ3n) is 2.54. The Balaban J connectivity index is 2.40. The zero-order chi connectivity index (χ0) is 11.5. The molecule has 0 fully saturated rings. The summed E-state index contributed by atoms with van der Waals surface area (Å²) in [6, 6.07) is 8.11. The van der Waals surface area contributed by atoms with Crippen LogP contribution in [0.5, 0.6) is 0 Å². The van der Waals surface area contributed by atoms with E-state index in [4.69, 9.17) is 5.73 Å². The van der Waals surface area contributed by atoms with Gasteiger partial charge in [0.15, 0.2) is 0 Å². The summed E-state index contributed by atoms with van der Waals surface area (Å²) in [4.78, 5) is 4.25. The Hall–Kier alpha value is -1.20. The second kappa shape index (κ2) is 4.76. The highest BCUT2D eigenvalue weighted by atomic mass is 79.9. The molecule has 0 aliphatic heterocycles. The molecule has 1 aromatic carbocycles. The zero-order valence-corrected chi connectivity index (χ0v) is 10.6. The Kier molecular flexibility index (Phi) is 3.36. The Bertz CT molecular complexity index is 480. The molecule has 2 aromatic rings. The number of hydrogen-bond donors (Lipinski definition) is 1. The number of halogens is 1. The number of benzene rings is 1. The molecule has 0 aliphatic rings. The van der Waals surface area contributed by atoms with Crippen molar-refractivity contribution in [3.63, 3.8) is 0 Å². The fourth-order valence-electron chi connectivity index (χ4n) is 1.73. The summed E-state index contributed by atoms with van der Waals surface area (Å²) in [5.41, 5.74) is 6.96. The van der Waals surface area contributed by atoms with Gasteiger partial charge in [0.05, 0.1) is 5.92 Å². The molecule has 0 saturated carbocycles. The van der Waals surface area contributed by atoms with Crippen LogP contribution in [0.15, 0.2) is 35.1 Å². The molecule has 1 unspecified atom stereocenters. The summed E-state index contributed by atoms with van der Waals surface area (Å²) in [6.45, 7) is 0.517. The van der Waals surface area contributed by atoms with E-state index in [2.05, 4.69) is 38.1 Å². The maximum absolute atomic E-state index is 5.82. The van der Waals surface area contributed by atoms with E-state index in [0.29, 0.717) is 6.54 Å². The minimum Gasteiger partial charge on any atom is -0.329 e. The molecule has 84 valence electrons. The molecule has 4 nitrogen and oxygen atoms in total. The second-order valence-corrected chi connectivity index (χ2v) is 4.50. The van der Waals surface area contributed by atoms with Gasteiger partial charge in [-0.3, -0.25) is 4.68 Å². The third kappa shape index (κ3) is 2.15. The molecule has 5 heteroatoms. The number of rotatable bonds is 3. The van der Waals surface area contributed by atoms with Crippen LogP contribution in [-0.2, 0) is 7.05 Å². The van der Waals surface area contributed by atoms with Crippen LogP contribution in [0, 0.1) is 0 Å². The molecule has 0 saturated heterocycles. The zero-order valence-electron chi connectivity index (χ0n) is 8.97. The smallest absolute Gasteiger partial charge is 0.138 e. The largest absolute Gasteiger partial charge is 0.329 e. The second-order valence-electron chi connectivity index (χ2n) is 3.59. The Morgan fingerprint density at radius 2 is 2.31 bits per heavy atom. The monoisotopic (exact) mass is 280 g/mol. The first kappa shape index (κ1) is 11.3. The highest BCUT2D eigenvalue weighted by molar-refractivity contribution is 9.10. The molecule has 1 aromatic heterocycles. The quantitative estimate of drug-likeness (QED) is 0.931. The van der Waals surface area contributed by atoms with Crippen molar-refractivity contribution in [3.8, 4) is 0 Å². The summed E-state index contributed by atoms with van der Waals surface area (Å²) >= 11 is 3.46. The maximum atomic E-state index is 5.82. The van der Waals surface area contributed by atoms with Gasteiger partial charge in [-0.1, -0.05) is 28.1 Å². The van der Waals surface area contributed by atoms with Crippen molar-refractivity contribution in [1.29, 1.82) is 0 Å². The van der Waals surface area contributed by atoms with Gasteiger partial charge in [0.1, 0.15) is 12.2 Å². The van der Waals surface area contributed by atoms with Gasteiger partial charge in [0, 0.05) is 18.1 Å². The molecule has 0 aliphatic carbocycles. The average Bonchev–Trinajstić information content (AvgIpc) is 2.67. The maximum Gasteiger partial charge on any atom is 0.138 e. The van der Waals surface area contributed by atoms with Crippen molar-refractivity contribution >= 4 is 15.9 Å². The first-order valence-corrected chi connectivity index (χ1v) is 5.81. The van der Waals surface area contributed by atoms with Crippen LogP contribution < -0.4 is 5.73 Å². The number of nitrogens with two attached hydrogens (primary N) is 1. The van der Waals surface area contributed by atoms with Crippen LogP contribution in [0.3, 0.4) is 0 Å². The van der Waals surface area contributed by atoms with Gasteiger partial charge in [-0.15, -0.1) is 0 Å². The van der Waals surface area contributed by atoms with Crippen molar-refractivity contribution in [2.24, 2.45) is 12.8 Å². The van der Waals surface area contributed by atoms with E-state index >= 15 is 0 Å². The van der Waals surface area contributed by atoms with Crippen molar-refractivity contribution in [1.82, 2.24) is 14.8 Å². The van der Waals surface area contributed by atoms with E-state index in [1.54, 1.807) is 11.0 Å². The molecule has 0 bridgehead atoms. The van der Waals surface area contributed by atoms with Gasteiger partial charge in [0.25, 0.3) is 0 Å². The third-order valence-corrected chi connectivity index (χ3v) is 3.04. The lowest BCUT2D eigenvalue weighted by molar-refractivity contribution is 0.649. The number of hydrogen-bond acceptors (Lipinski definition) is 3. The van der Waals surface area contributed by atoms with Gasteiger partial charge in [-0.05, 0) is 17.7 Å². The van der Waals surface area contributed by atoms with Gasteiger partial charge in [-0.2, -0.15) is 5.10 Å². The van der Waals surface area contributed by atoms with Crippen molar-refractivity contribution < 1.29 is 0 Å². The van der Waals surface area contributed by atoms with Crippen molar-refractivity contribution in [2.45, 2.75) is 5.92 Å². The molecule has 2 rings (SSSR count). The van der Waals surface area contributed by atoms with Crippen LogP contribution in [-0.4, -0.2) is 21.3 Å². The van der Waals surface area contributed by atoms with E-state index in [1.807, 2.05) is 19.2 Å². The predicted octanol–water partition coefficient (Wildman–Crippen LogP) is 1.67. The summed E-state index contributed by atoms with van der Waals surface area (Å²) < 4.78 is 2.81. The van der Waals surface area contributed by atoms with Gasteiger partial charge in [0.2, 0.25) is 0 Å². The first-order valence-electron chi connectivity index (χ1n) is 5.02. The number of aromatic nitrogens is 3. The fourth-order valence-corrected chi connectivity index (χ4v) is 2.15. The average molecular weight is 281 g/mol. The normalized spacial score (nSPS) is 12.7. The van der Waals surface area contributed by atoms with E-state index in [9.17, 15) is 0 Å². The lowest BCUT2D eigenvalue weighted by atomic mass is 9.98. The fraction of sp³-hybridized carbons (Fsp3) is 0.273. The highest BCUT2D eigenvalue weighted by Crippen LogP contribution is 2.23. The van der Waals surface area contributed by atoms with Crippen LogP contribution >= 0.6 is 15.9 Å². The molecule has 0 amide bonds. The molecular formula is C11H13BrN4. The predicted molar refractivity (Wildman–Crippen MR) is 66.0 cm³/mol. The number of aryl methyl sites for hydroxylation is 1. The van der Waals surface area contributed by atoms with Gasteiger partial charge >= 0.3 is 0 Å². The molecule has 0 spiro atoms. The minimum atomic E-state index is 0.0880.